The predicted octanol–water partition coefficient (Wildman–Crippen LogP) is 3.07. The van der Waals surface area contributed by atoms with Gasteiger partial charge in [-0.1, -0.05) is 12.5 Å². The highest BCUT2D eigenvalue weighted by Crippen LogP contribution is 2.27. The van der Waals surface area contributed by atoms with E-state index in [1.807, 2.05) is 42.2 Å². The Morgan fingerprint density at radius 3 is 2.53 bits per heavy atom. The number of nitrogens with two attached hydrogens (primary N) is 1. The van der Waals surface area contributed by atoms with Crippen LogP contribution in [0.3, 0.4) is 0 Å². The van der Waals surface area contributed by atoms with Crippen molar-refractivity contribution >= 4 is 5.91 Å². The first-order valence-electron chi connectivity index (χ1n) is 11.0. The minimum atomic E-state index is 0.162. The Hall–Kier alpha value is -2.47. The van der Waals surface area contributed by atoms with Gasteiger partial charge in [0.15, 0.2) is 18.0 Å². The number of carbonyl (C=O) groups excluding carboxylic acids is 1. The Morgan fingerprint density at radius 1 is 1.10 bits per heavy atom. The standard InChI is InChI=1S/C24H34N2O4/c1-18-9-11-21(30-18)17-26(24(27)16-25-20-7-5-4-6-8-20)14-13-19-10-12-22(28-2)23(15-19)29-3/h9-12,15,20,25H,4-8,13-14,16-17H2,1-3H3/p+1. The number of hydrogen-bond acceptors (Lipinski definition) is 4. The first kappa shape index (κ1) is 22.2. The summed E-state index contributed by atoms with van der Waals surface area (Å²) in [6, 6.07) is 10.4. The van der Waals surface area contributed by atoms with Crippen LogP contribution in [-0.2, 0) is 17.8 Å². The molecule has 1 heterocycles. The zero-order valence-corrected chi connectivity index (χ0v) is 18.5. The Balaban J connectivity index is 1.63. The molecule has 1 aliphatic carbocycles. The second-order valence-electron chi connectivity index (χ2n) is 8.10. The number of rotatable bonds is 10. The van der Waals surface area contributed by atoms with Crippen molar-refractivity contribution in [2.24, 2.45) is 0 Å². The molecular weight excluding hydrogens is 380 g/mol. The van der Waals surface area contributed by atoms with Crippen LogP contribution in [0.5, 0.6) is 11.5 Å². The summed E-state index contributed by atoms with van der Waals surface area (Å²) in [6.45, 7) is 3.55. The number of benzene rings is 1. The van der Waals surface area contributed by atoms with Gasteiger partial charge in [0.1, 0.15) is 11.5 Å². The number of amides is 1. The average Bonchev–Trinajstić information content (AvgIpc) is 3.20. The number of carbonyl (C=O) groups is 1. The van der Waals surface area contributed by atoms with Gasteiger partial charge < -0.3 is 24.1 Å². The molecule has 0 unspecified atom stereocenters. The molecular formula is C24H35N2O4+. The van der Waals surface area contributed by atoms with Crippen LogP contribution in [0.15, 0.2) is 34.7 Å². The smallest absolute Gasteiger partial charge is 0.278 e. The van der Waals surface area contributed by atoms with Crippen molar-refractivity contribution in [3.63, 3.8) is 0 Å². The highest BCUT2D eigenvalue weighted by molar-refractivity contribution is 5.77. The fraction of sp³-hybridized carbons (Fsp3) is 0.542. The van der Waals surface area contributed by atoms with E-state index in [0.717, 1.165) is 23.5 Å². The Bertz CT molecular complexity index is 811. The maximum atomic E-state index is 13.1. The third kappa shape index (κ3) is 6.26. The van der Waals surface area contributed by atoms with E-state index in [1.54, 1.807) is 14.2 Å². The quantitative estimate of drug-likeness (QED) is 0.648. The van der Waals surface area contributed by atoms with Crippen molar-refractivity contribution in [1.82, 2.24) is 4.90 Å². The van der Waals surface area contributed by atoms with Crippen LogP contribution in [0.2, 0.25) is 0 Å². The third-order valence-electron chi connectivity index (χ3n) is 5.89. The van der Waals surface area contributed by atoms with Crippen molar-refractivity contribution in [1.29, 1.82) is 0 Å². The van der Waals surface area contributed by atoms with E-state index in [4.69, 9.17) is 13.9 Å². The summed E-state index contributed by atoms with van der Waals surface area (Å²) in [6.07, 6.45) is 7.07. The summed E-state index contributed by atoms with van der Waals surface area (Å²) < 4.78 is 16.5. The number of nitrogens with zero attached hydrogens (tertiary/aromatic N) is 1. The molecule has 1 aromatic carbocycles. The Kier molecular flexibility index (Phi) is 8.20. The average molecular weight is 416 g/mol. The zero-order chi connectivity index (χ0) is 21.3. The van der Waals surface area contributed by atoms with Crippen LogP contribution in [0.4, 0.5) is 0 Å². The summed E-state index contributed by atoms with van der Waals surface area (Å²) in [5.41, 5.74) is 1.11. The number of hydrogen-bond donors (Lipinski definition) is 1. The molecule has 3 rings (SSSR count). The summed E-state index contributed by atoms with van der Waals surface area (Å²) in [5, 5.41) is 2.23. The van der Waals surface area contributed by atoms with Gasteiger partial charge in [0, 0.05) is 6.54 Å². The van der Waals surface area contributed by atoms with Gasteiger partial charge in [-0.25, -0.2) is 0 Å². The molecule has 0 saturated heterocycles. The molecule has 1 aromatic heterocycles. The summed E-state index contributed by atoms with van der Waals surface area (Å²) >= 11 is 0. The second-order valence-corrected chi connectivity index (χ2v) is 8.10. The molecule has 6 nitrogen and oxygen atoms in total. The maximum Gasteiger partial charge on any atom is 0.278 e. The molecule has 0 bridgehead atoms. The van der Waals surface area contributed by atoms with Gasteiger partial charge in [-0.05, 0) is 68.9 Å². The van der Waals surface area contributed by atoms with Crippen LogP contribution in [0, 0.1) is 6.92 Å². The lowest BCUT2D eigenvalue weighted by atomic mass is 9.95. The molecule has 164 valence electrons. The van der Waals surface area contributed by atoms with E-state index in [-0.39, 0.29) is 5.91 Å². The molecule has 0 aliphatic heterocycles. The molecule has 1 fully saturated rings. The fourth-order valence-corrected chi connectivity index (χ4v) is 4.12. The van der Waals surface area contributed by atoms with Gasteiger partial charge in [-0.2, -0.15) is 0 Å². The van der Waals surface area contributed by atoms with Gasteiger partial charge in [0.2, 0.25) is 0 Å². The van der Waals surface area contributed by atoms with Crippen LogP contribution >= 0.6 is 0 Å². The van der Waals surface area contributed by atoms with Crippen molar-refractivity contribution < 1.29 is 24.0 Å². The van der Waals surface area contributed by atoms with Crippen molar-refractivity contribution in [2.45, 2.75) is 58.0 Å². The van der Waals surface area contributed by atoms with Gasteiger partial charge in [-0.15, -0.1) is 0 Å². The maximum absolute atomic E-state index is 13.1. The molecule has 0 atom stereocenters. The van der Waals surface area contributed by atoms with E-state index in [0.29, 0.717) is 37.2 Å². The Morgan fingerprint density at radius 2 is 1.87 bits per heavy atom. The van der Waals surface area contributed by atoms with Crippen molar-refractivity contribution in [3.05, 3.63) is 47.4 Å². The van der Waals surface area contributed by atoms with Crippen LogP contribution < -0.4 is 14.8 Å². The van der Waals surface area contributed by atoms with Crippen molar-refractivity contribution in [2.75, 3.05) is 27.3 Å². The van der Waals surface area contributed by atoms with Gasteiger partial charge in [-0.3, -0.25) is 4.79 Å². The number of quaternary nitrogens is 1. The first-order valence-corrected chi connectivity index (χ1v) is 11.0. The minimum absolute atomic E-state index is 0.162. The predicted molar refractivity (Wildman–Crippen MR) is 116 cm³/mol. The van der Waals surface area contributed by atoms with Crippen LogP contribution in [0.25, 0.3) is 0 Å². The second kappa shape index (κ2) is 11.1. The molecule has 2 N–H and O–H groups in total. The molecule has 0 spiro atoms. The topological polar surface area (TPSA) is 68.5 Å². The van der Waals surface area contributed by atoms with E-state index < -0.39 is 0 Å². The molecule has 1 amide bonds. The molecule has 1 saturated carbocycles. The lowest BCUT2D eigenvalue weighted by Crippen LogP contribution is -2.92. The largest absolute Gasteiger partial charge is 0.493 e. The molecule has 0 radical (unpaired) electrons. The highest BCUT2D eigenvalue weighted by atomic mass is 16.5. The normalized spacial score (nSPS) is 14.5. The fourth-order valence-electron chi connectivity index (χ4n) is 4.12. The van der Waals surface area contributed by atoms with Crippen LogP contribution in [0.1, 0.15) is 49.2 Å². The number of aryl methyl sites for hydroxylation is 1. The van der Waals surface area contributed by atoms with Crippen molar-refractivity contribution in [3.8, 4) is 11.5 Å². The number of methoxy groups -OCH3 is 2. The van der Waals surface area contributed by atoms with Gasteiger partial charge in [0.05, 0.1) is 26.8 Å². The summed E-state index contributed by atoms with van der Waals surface area (Å²) in [7, 11) is 3.27. The van der Waals surface area contributed by atoms with Gasteiger partial charge in [0.25, 0.3) is 5.91 Å². The highest BCUT2D eigenvalue weighted by Gasteiger charge is 2.21. The first-order chi connectivity index (χ1) is 14.6. The lowest BCUT2D eigenvalue weighted by molar-refractivity contribution is -0.682. The van der Waals surface area contributed by atoms with E-state index in [1.165, 1.54) is 32.1 Å². The van der Waals surface area contributed by atoms with E-state index >= 15 is 0 Å². The van der Waals surface area contributed by atoms with E-state index in [2.05, 4.69) is 5.32 Å². The minimum Gasteiger partial charge on any atom is -0.493 e. The van der Waals surface area contributed by atoms with Gasteiger partial charge >= 0.3 is 0 Å². The zero-order valence-electron chi connectivity index (χ0n) is 18.5. The third-order valence-corrected chi connectivity index (χ3v) is 5.89. The summed E-state index contributed by atoms with van der Waals surface area (Å²) in [5.74, 6) is 3.27. The number of furan rings is 1. The summed E-state index contributed by atoms with van der Waals surface area (Å²) in [4.78, 5) is 15.0. The lowest BCUT2D eigenvalue weighted by Gasteiger charge is -2.24. The SMILES string of the molecule is COc1ccc(CCN(Cc2ccc(C)o2)C(=O)C[NH2+]C2CCCCC2)cc1OC. The van der Waals surface area contributed by atoms with E-state index in [9.17, 15) is 4.79 Å². The molecule has 6 heteroatoms. The number of ether oxygens (including phenoxy) is 2. The molecule has 2 aromatic rings. The molecule has 30 heavy (non-hydrogen) atoms. The molecule has 1 aliphatic rings. The Labute approximate surface area is 179 Å². The van der Waals surface area contributed by atoms with Crippen LogP contribution in [-0.4, -0.2) is 44.2 Å². The monoisotopic (exact) mass is 415 g/mol.